The van der Waals surface area contributed by atoms with Gasteiger partial charge in [-0.1, -0.05) is 63.5 Å². The highest BCUT2D eigenvalue weighted by molar-refractivity contribution is 7.80. The van der Waals surface area contributed by atoms with Crippen LogP contribution in [0.3, 0.4) is 0 Å². The van der Waals surface area contributed by atoms with E-state index in [0.29, 0.717) is 5.75 Å². The fraction of sp³-hybridized carbons (Fsp3) is 0.667. The Morgan fingerprint density at radius 1 is 0.750 bits per heavy atom. The van der Waals surface area contributed by atoms with Crippen LogP contribution in [0.25, 0.3) is 0 Å². The summed E-state index contributed by atoms with van der Waals surface area (Å²) in [6.45, 7) is 0. The van der Waals surface area contributed by atoms with Crippen LogP contribution in [0, 0.1) is 0 Å². The molecule has 1 rings (SSSR count). The van der Waals surface area contributed by atoms with Gasteiger partial charge >= 0.3 is 0 Å². The molecule has 1 nitrogen and oxygen atoms in total. The summed E-state index contributed by atoms with van der Waals surface area (Å²) in [5.41, 5.74) is 1.26. The molecule has 2 heteroatoms. The third kappa shape index (κ3) is 9.30. The van der Waals surface area contributed by atoms with Crippen LogP contribution in [0.1, 0.15) is 69.8 Å². The lowest BCUT2D eigenvalue weighted by atomic mass is 10.0. The van der Waals surface area contributed by atoms with Gasteiger partial charge in [0.15, 0.2) is 0 Å². The second-order valence-corrected chi connectivity index (χ2v) is 6.13. The molecular weight excluding hydrogens is 264 g/mol. The zero-order valence-corrected chi connectivity index (χ0v) is 13.6. The monoisotopic (exact) mass is 294 g/mol. The molecule has 0 saturated heterocycles. The Balaban J connectivity index is 1.85. The molecule has 0 saturated carbocycles. The van der Waals surface area contributed by atoms with Gasteiger partial charge in [0.25, 0.3) is 0 Å². The van der Waals surface area contributed by atoms with E-state index in [1.165, 1.54) is 69.8 Å². The average molecular weight is 295 g/mol. The van der Waals surface area contributed by atoms with Crippen LogP contribution in [-0.2, 0) is 6.42 Å². The first kappa shape index (κ1) is 17.4. The Morgan fingerprint density at radius 2 is 1.30 bits per heavy atom. The summed E-state index contributed by atoms with van der Waals surface area (Å²) >= 11 is 4.23. The molecule has 0 heterocycles. The van der Waals surface area contributed by atoms with Gasteiger partial charge in [-0.3, -0.25) is 0 Å². The van der Waals surface area contributed by atoms with Gasteiger partial charge in [-0.05, 0) is 42.7 Å². The molecule has 114 valence electrons. The van der Waals surface area contributed by atoms with E-state index in [1.807, 2.05) is 12.1 Å². The van der Waals surface area contributed by atoms with E-state index < -0.39 is 0 Å². The molecule has 1 aromatic rings. The van der Waals surface area contributed by atoms with E-state index in [0.717, 1.165) is 12.2 Å². The van der Waals surface area contributed by atoms with Gasteiger partial charge in [-0.15, -0.1) is 0 Å². The maximum Gasteiger partial charge on any atom is 0.115 e. The van der Waals surface area contributed by atoms with Crippen LogP contribution in [0.15, 0.2) is 24.3 Å². The summed E-state index contributed by atoms with van der Waals surface area (Å²) in [4.78, 5) is 0. The molecule has 0 aliphatic rings. The van der Waals surface area contributed by atoms with E-state index in [2.05, 4.69) is 18.7 Å². The Hall–Kier alpha value is -0.630. The van der Waals surface area contributed by atoms with Gasteiger partial charge in [0.1, 0.15) is 5.75 Å². The van der Waals surface area contributed by atoms with Crippen molar-refractivity contribution in [3.05, 3.63) is 29.8 Å². The molecule has 0 radical (unpaired) electrons. The lowest BCUT2D eigenvalue weighted by Crippen LogP contribution is -1.86. The number of aromatic hydroxyl groups is 1. The summed E-state index contributed by atoms with van der Waals surface area (Å²) in [6.07, 6.45) is 14.6. The zero-order chi connectivity index (χ0) is 14.5. The van der Waals surface area contributed by atoms with E-state index >= 15 is 0 Å². The lowest BCUT2D eigenvalue weighted by molar-refractivity contribution is 0.474. The fourth-order valence-electron chi connectivity index (χ4n) is 2.57. The quantitative estimate of drug-likeness (QED) is 0.370. The maximum absolute atomic E-state index is 9.39. The largest absolute Gasteiger partial charge is 0.508 e. The summed E-state index contributed by atoms with van der Waals surface area (Å²) in [5.74, 6) is 1.43. The van der Waals surface area contributed by atoms with Gasteiger partial charge in [0, 0.05) is 0 Å². The number of thiol groups is 1. The molecule has 0 aromatic heterocycles. The third-order valence-corrected chi connectivity index (χ3v) is 4.10. The molecule has 0 amide bonds. The van der Waals surface area contributed by atoms with Gasteiger partial charge in [-0.2, -0.15) is 12.6 Å². The molecule has 20 heavy (non-hydrogen) atoms. The van der Waals surface area contributed by atoms with Crippen LogP contribution < -0.4 is 0 Å². The van der Waals surface area contributed by atoms with Crippen molar-refractivity contribution in [1.82, 2.24) is 0 Å². The molecule has 0 atom stereocenters. The van der Waals surface area contributed by atoms with Gasteiger partial charge in [-0.25, -0.2) is 0 Å². The van der Waals surface area contributed by atoms with E-state index in [9.17, 15) is 5.11 Å². The molecule has 0 spiro atoms. The Morgan fingerprint density at radius 3 is 1.85 bits per heavy atom. The number of unbranched alkanes of at least 4 members (excludes halogenated alkanes) is 9. The number of benzene rings is 1. The van der Waals surface area contributed by atoms with Gasteiger partial charge in [0.2, 0.25) is 0 Å². The van der Waals surface area contributed by atoms with E-state index in [-0.39, 0.29) is 0 Å². The standard InChI is InChI=1S/C18H30OS/c19-18-14-11-13-17(16-18)12-9-7-5-3-1-2-4-6-8-10-15-20/h11,13-14,16,19-20H,1-10,12,15H2. The van der Waals surface area contributed by atoms with Crippen LogP contribution in [0.4, 0.5) is 0 Å². The smallest absolute Gasteiger partial charge is 0.115 e. The Labute approximate surface area is 130 Å². The highest BCUT2D eigenvalue weighted by atomic mass is 32.1. The molecule has 0 unspecified atom stereocenters. The maximum atomic E-state index is 9.39. The zero-order valence-electron chi connectivity index (χ0n) is 12.7. The minimum Gasteiger partial charge on any atom is -0.508 e. The molecule has 0 bridgehead atoms. The second-order valence-electron chi connectivity index (χ2n) is 5.68. The number of rotatable bonds is 12. The number of hydrogen-bond donors (Lipinski definition) is 2. The van der Waals surface area contributed by atoms with E-state index in [1.54, 1.807) is 6.07 Å². The summed E-state index contributed by atoms with van der Waals surface area (Å²) in [5, 5.41) is 9.39. The average Bonchev–Trinajstić information content (AvgIpc) is 2.45. The first-order chi connectivity index (χ1) is 9.83. The molecule has 0 aliphatic carbocycles. The topological polar surface area (TPSA) is 20.2 Å². The number of phenolic OH excluding ortho intramolecular Hbond substituents is 1. The number of phenols is 1. The van der Waals surface area contributed by atoms with Crippen molar-refractivity contribution in [2.24, 2.45) is 0 Å². The van der Waals surface area contributed by atoms with Gasteiger partial charge in [0.05, 0.1) is 0 Å². The van der Waals surface area contributed by atoms with Crippen LogP contribution >= 0.6 is 12.6 Å². The highest BCUT2D eigenvalue weighted by Gasteiger charge is 1.96. The molecule has 1 aromatic carbocycles. The fourth-order valence-corrected chi connectivity index (χ4v) is 2.79. The minimum absolute atomic E-state index is 0.389. The molecule has 0 fully saturated rings. The van der Waals surface area contributed by atoms with Crippen LogP contribution in [0.2, 0.25) is 0 Å². The van der Waals surface area contributed by atoms with Crippen molar-refractivity contribution >= 4 is 12.6 Å². The number of aryl methyl sites for hydroxylation is 1. The van der Waals surface area contributed by atoms with Crippen molar-refractivity contribution in [2.75, 3.05) is 5.75 Å². The first-order valence-electron chi connectivity index (χ1n) is 8.21. The van der Waals surface area contributed by atoms with Crippen molar-refractivity contribution in [1.29, 1.82) is 0 Å². The predicted molar refractivity (Wildman–Crippen MR) is 91.8 cm³/mol. The molecular formula is C18H30OS. The predicted octanol–water partition coefficient (Wildman–Crippen LogP) is 5.77. The third-order valence-electron chi connectivity index (χ3n) is 3.78. The minimum atomic E-state index is 0.389. The summed E-state index contributed by atoms with van der Waals surface area (Å²) in [6, 6.07) is 7.65. The SMILES string of the molecule is Oc1cccc(CCCCCCCCCCCCS)c1. The normalized spacial score (nSPS) is 10.8. The Bertz CT molecular complexity index is 338. The summed E-state index contributed by atoms with van der Waals surface area (Å²) in [7, 11) is 0. The highest BCUT2D eigenvalue weighted by Crippen LogP contribution is 2.15. The Kier molecular flexibility index (Phi) is 10.6. The summed E-state index contributed by atoms with van der Waals surface area (Å²) < 4.78 is 0. The van der Waals surface area contributed by atoms with Crippen molar-refractivity contribution in [2.45, 2.75) is 70.6 Å². The van der Waals surface area contributed by atoms with E-state index in [4.69, 9.17) is 0 Å². The van der Waals surface area contributed by atoms with Crippen LogP contribution in [0.5, 0.6) is 5.75 Å². The number of hydrogen-bond acceptors (Lipinski definition) is 2. The molecule has 0 aliphatic heterocycles. The second kappa shape index (κ2) is 12.1. The van der Waals surface area contributed by atoms with Gasteiger partial charge < -0.3 is 5.11 Å². The van der Waals surface area contributed by atoms with Crippen molar-refractivity contribution in [3.63, 3.8) is 0 Å². The van der Waals surface area contributed by atoms with Crippen molar-refractivity contribution in [3.8, 4) is 5.75 Å². The first-order valence-corrected chi connectivity index (χ1v) is 8.85. The lowest BCUT2D eigenvalue weighted by Gasteiger charge is -2.03. The molecule has 1 N–H and O–H groups in total. The van der Waals surface area contributed by atoms with Crippen LogP contribution in [-0.4, -0.2) is 10.9 Å². The van der Waals surface area contributed by atoms with Crippen molar-refractivity contribution < 1.29 is 5.11 Å².